The Bertz CT molecular complexity index is 253. The van der Waals surface area contributed by atoms with Gasteiger partial charge in [0, 0.05) is 4.88 Å². The van der Waals surface area contributed by atoms with Crippen LogP contribution in [0.5, 0.6) is 0 Å². The normalized spacial score (nSPS) is 14.9. The zero-order valence-electron chi connectivity index (χ0n) is 7.30. The van der Waals surface area contributed by atoms with Gasteiger partial charge in [-0.05, 0) is 25.5 Å². The Morgan fingerprint density at radius 3 is 2.31 bits per heavy atom. The van der Waals surface area contributed by atoms with E-state index >= 15 is 0 Å². The number of nitrogens with zero attached hydrogens (tertiary/aromatic N) is 1. The summed E-state index contributed by atoms with van der Waals surface area (Å²) >= 11 is 1.12. The second kappa shape index (κ2) is 3.67. The monoisotopic (exact) mass is 209 g/mol. The van der Waals surface area contributed by atoms with Gasteiger partial charge in [0.1, 0.15) is 6.04 Å². The van der Waals surface area contributed by atoms with E-state index in [9.17, 15) is 13.2 Å². The Morgan fingerprint density at radius 2 is 2.00 bits per heavy atom. The highest BCUT2D eigenvalue weighted by atomic mass is 32.1. The molecule has 0 fully saturated rings. The number of thiophene rings is 1. The SMILES string of the molecule is CN(C)C(c1cccs1)C(F)(F)F. The smallest absolute Gasteiger partial charge is 0.294 e. The van der Waals surface area contributed by atoms with Crippen molar-refractivity contribution in [2.24, 2.45) is 0 Å². The fourth-order valence-corrected chi connectivity index (χ4v) is 2.10. The van der Waals surface area contributed by atoms with Crippen LogP contribution in [0.25, 0.3) is 0 Å². The molecule has 0 aromatic carbocycles. The predicted molar refractivity (Wildman–Crippen MR) is 46.8 cm³/mol. The molecule has 5 heteroatoms. The van der Waals surface area contributed by atoms with Crippen molar-refractivity contribution in [2.45, 2.75) is 12.2 Å². The molecule has 1 rings (SSSR count). The standard InChI is InChI=1S/C8H10F3NS/c1-12(2)7(8(9,10)11)6-4-3-5-13-6/h3-5,7H,1-2H3. The van der Waals surface area contributed by atoms with E-state index in [0.717, 1.165) is 11.3 Å². The van der Waals surface area contributed by atoms with Crippen LogP contribution in [-0.2, 0) is 0 Å². The lowest BCUT2D eigenvalue weighted by Crippen LogP contribution is -2.32. The predicted octanol–water partition coefficient (Wildman–Crippen LogP) is 2.91. The summed E-state index contributed by atoms with van der Waals surface area (Å²) in [5.41, 5.74) is 0. The molecule has 0 saturated carbocycles. The first-order chi connectivity index (χ1) is 5.93. The Kier molecular flexibility index (Phi) is 2.98. The van der Waals surface area contributed by atoms with Gasteiger partial charge < -0.3 is 0 Å². The number of halogens is 3. The fourth-order valence-electron chi connectivity index (χ4n) is 1.16. The molecule has 0 spiro atoms. The molecular weight excluding hydrogens is 199 g/mol. The summed E-state index contributed by atoms with van der Waals surface area (Å²) in [5, 5.41) is 1.65. The first-order valence-electron chi connectivity index (χ1n) is 3.69. The Morgan fingerprint density at radius 1 is 1.38 bits per heavy atom. The van der Waals surface area contributed by atoms with Gasteiger partial charge in [-0.3, -0.25) is 4.90 Å². The lowest BCUT2D eigenvalue weighted by Gasteiger charge is -2.25. The van der Waals surface area contributed by atoms with E-state index in [1.54, 1.807) is 11.4 Å². The third-order valence-electron chi connectivity index (χ3n) is 1.64. The Labute approximate surface area is 78.8 Å². The van der Waals surface area contributed by atoms with Gasteiger partial charge in [0.25, 0.3) is 0 Å². The fraction of sp³-hybridized carbons (Fsp3) is 0.500. The minimum absolute atomic E-state index is 0.331. The van der Waals surface area contributed by atoms with Gasteiger partial charge >= 0.3 is 6.18 Å². The lowest BCUT2D eigenvalue weighted by molar-refractivity contribution is -0.178. The summed E-state index contributed by atoms with van der Waals surface area (Å²) in [5.74, 6) is 0. The average molecular weight is 209 g/mol. The van der Waals surface area contributed by atoms with Crippen molar-refractivity contribution >= 4 is 11.3 Å². The van der Waals surface area contributed by atoms with Crippen LogP contribution in [0.15, 0.2) is 17.5 Å². The van der Waals surface area contributed by atoms with Gasteiger partial charge in [-0.25, -0.2) is 0 Å². The largest absolute Gasteiger partial charge is 0.408 e. The van der Waals surface area contributed by atoms with Crippen molar-refractivity contribution in [2.75, 3.05) is 14.1 Å². The lowest BCUT2D eigenvalue weighted by atomic mass is 10.2. The van der Waals surface area contributed by atoms with Crippen LogP contribution in [0.2, 0.25) is 0 Å². The highest BCUT2D eigenvalue weighted by molar-refractivity contribution is 7.10. The molecule has 1 aromatic rings. The molecule has 74 valence electrons. The van der Waals surface area contributed by atoms with E-state index in [4.69, 9.17) is 0 Å². The number of alkyl halides is 3. The van der Waals surface area contributed by atoms with E-state index in [-0.39, 0.29) is 0 Å². The van der Waals surface area contributed by atoms with Gasteiger partial charge in [-0.2, -0.15) is 13.2 Å². The quantitative estimate of drug-likeness (QED) is 0.723. The second-order valence-electron chi connectivity index (χ2n) is 2.92. The minimum atomic E-state index is -4.20. The van der Waals surface area contributed by atoms with E-state index in [1.165, 1.54) is 25.1 Å². The van der Waals surface area contributed by atoms with Crippen LogP contribution >= 0.6 is 11.3 Å². The number of hydrogen-bond donors (Lipinski definition) is 0. The van der Waals surface area contributed by atoms with Gasteiger partial charge in [0.15, 0.2) is 0 Å². The van der Waals surface area contributed by atoms with Crippen molar-refractivity contribution < 1.29 is 13.2 Å². The first-order valence-corrected chi connectivity index (χ1v) is 4.57. The molecule has 1 heterocycles. The van der Waals surface area contributed by atoms with E-state index in [1.807, 2.05) is 0 Å². The second-order valence-corrected chi connectivity index (χ2v) is 3.90. The Balaban J connectivity index is 2.94. The van der Waals surface area contributed by atoms with Crippen LogP contribution in [0, 0.1) is 0 Å². The van der Waals surface area contributed by atoms with Crippen molar-refractivity contribution in [3.8, 4) is 0 Å². The van der Waals surface area contributed by atoms with Gasteiger partial charge in [0.05, 0.1) is 0 Å². The molecule has 0 aliphatic heterocycles. The summed E-state index contributed by atoms with van der Waals surface area (Å²) in [6.45, 7) is 0. The summed E-state index contributed by atoms with van der Waals surface area (Å²) in [7, 11) is 2.86. The molecule has 0 aliphatic carbocycles. The van der Waals surface area contributed by atoms with E-state index < -0.39 is 12.2 Å². The highest BCUT2D eigenvalue weighted by Gasteiger charge is 2.42. The highest BCUT2D eigenvalue weighted by Crippen LogP contribution is 2.37. The molecule has 1 unspecified atom stereocenters. The number of rotatable bonds is 2. The maximum Gasteiger partial charge on any atom is 0.408 e. The Hall–Kier alpha value is -0.550. The molecule has 0 saturated heterocycles. The zero-order chi connectivity index (χ0) is 10.1. The average Bonchev–Trinajstić information content (AvgIpc) is 2.34. The molecule has 0 radical (unpaired) electrons. The summed E-state index contributed by atoms with van der Waals surface area (Å²) in [4.78, 5) is 1.50. The molecule has 1 nitrogen and oxygen atoms in total. The molecule has 0 bridgehead atoms. The third-order valence-corrected chi connectivity index (χ3v) is 2.56. The number of hydrogen-bond acceptors (Lipinski definition) is 2. The van der Waals surface area contributed by atoms with Crippen LogP contribution in [-0.4, -0.2) is 25.2 Å². The maximum absolute atomic E-state index is 12.5. The van der Waals surface area contributed by atoms with Crippen LogP contribution < -0.4 is 0 Å². The molecule has 0 amide bonds. The van der Waals surface area contributed by atoms with Crippen LogP contribution in [0.3, 0.4) is 0 Å². The topological polar surface area (TPSA) is 3.24 Å². The zero-order valence-corrected chi connectivity index (χ0v) is 8.12. The first kappa shape index (κ1) is 10.5. The summed E-state index contributed by atoms with van der Waals surface area (Å²) < 4.78 is 37.5. The van der Waals surface area contributed by atoms with Crippen LogP contribution in [0.1, 0.15) is 10.9 Å². The molecule has 1 aromatic heterocycles. The molecule has 13 heavy (non-hydrogen) atoms. The maximum atomic E-state index is 12.5. The van der Waals surface area contributed by atoms with E-state index in [2.05, 4.69) is 0 Å². The van der Waals surface area contributed by atoms with Gasteiger partial charge in [-0.1, -0.05) is 6.07 Å². The molecule has 0 aliphatic rings. The van der Waals surface area contributed by atoms with Crippen LogP contribution in [0.4, 0.5) is 13.2 Å². The van der Waals surface area contributed by atoms with Gasteiger partial charge in [-0.15, -0.1) is 11.3 Å². The molecule has 1 atom stereocenters. The van der Waals surface area contributed by atoms with Gasteiger partial charge in [0.2, 0.25) is 0 Å². The third kappa shape index (κ3) is 2.45. The van der Waals surface area contributed by atoms with E-state index in [0.29, 0.717) is 4.88 Å². The summed E-state index contributed by atoms with van der Waals surface area (Å²) in [6.07, 6.45) is -4.20. The molecule has 0 N–H and O–H groups in total. The van der Waals surface area contributed by atoms with Crippen molar-refractivity contribution in [3.05, 3.63) is 22.4 Å². The molecular formula is C8H10F3NS. The summed E-state index contributed by atoms with van der Waals surface area (Å²) in [6, 6.07) is 1.65. The van der Waals surface area contributed by atoms with Crippen molar-refractivity contribution in [1.82, 2.24) is 4.90 Å². The van der Waals surface area contributed by atoms with Crippen molar-refractivity contribution in [1.29, 1.82) is 0 Å². The van der Waals surface area contributed by atoms with Crippen molar-refractivity contribution in [3.63, 3.8) is 0 Å². The minimum Gasteiger partial charge on any atom is -0.294 e.